The largest absolute Gasteiger partial charge is 0.478 e. The van der Waals surface area contributed by atoms with Gasteiger partial charge >= 0.3 is 11.9 Å². The Hall–Kier alpha value is -6.10. The summed E-state index contributed by atoms with van der Waals surface area (Å²) < 4.78 is 0. The molecular formula is C30H19N3O8. The molecule has 4 amide bonds. The number of carboxylic acids is 2. The average Bonchev–Trinajstić information content (AvgIpc) is 3.22. The van der Waals surface area contributed by atoms with Crippen LogP contribution in [0.3, 0.4) is 0 Å². The maximum Gasteiger partial charge on any atom is 0.337 e. The summed E-state index contributed by atoms with van der Waals surface area (Å²) in [5, 5.41) is 23.7. The van der Waals surface area contributed by atoms with Gasteiger partial charge in [-0.1, -0.05) is 30.3 Å². The molecule has 0 aromatic heterocycles. The number of carboxylic acid groups (broad SMARTS) is 2. The Kier molecular flexibility index (Phi) is 6.84. The van der Waals surface area contributed by atoms with Crippen molar-refractivity contribution in [1.29, 1.82) is 0 Å². The number of nitrogens with one attached hydrogen (secondary N) is 2. The number of aromatic carboxylic acids is 2. The molecule has 5 rings (SSSR count). The standard InChI is InChI=1S/C30H19N3O8/c34-25(31-23-10-3-1-8-20(23)29(38)39)16-6-5-7-18(14-16)33-27(36)19-13-12-17(15-22(19)28(33)37)26(35)32-24-11-4-2-9-21(24)30(40)41/h1-15H,(H,31,34)(H,32,35)(H,38,39)(H,40,41). The first-order valence-electron chi connectivity index (χ1n) is 12.1. The van der Waals surface area contributed by atoms with Gasteiger partial charge in [-0.25, -0.2) is 14.5 Å². The molecule has 0 atom stereocenters. The molecule has 1 aliphatic heterocycles. The smallest absolute Gasteiger partial charge is 0.337 e. The Balaban J connectivity index is 1.39. The Labute approximate surface area is 231 Å². The van der Waals surface area contributed by atoms with Crippen LogP contribution in [0.2, 0.25) is 0 Å². The lowest BCUT2D eigenvalue weighted by atomic mass is 10.0. The van der Waals surface area contributed by atoms with Crippen molar-refractivity contribution in [3.63, 3.8) is 0 Å². The van der Waals surface area contributed by atoms with Crippen LogP contribution in [0.1, 0.15) is 62.1 Å². The summed E-state index contributed by atoms with van der Waals surface area (Å²) in [4.78, 5) is 76.0. The molecule has 1 aliphatic rings. The molecule has 4 N–H and O–H groups in total. The van der Waals surface area contributed by atoms with Crippen molar-refractivity contribution in [2.75, 3.05) is 15.5 Å². The van der Waals surface area contributed by atoms with Crippen molar-refractivity contribution < 1.29 is 39.0 Å². The number of hydrogen-bond acceptors (Lipinski definition) is 6. The fraction of sp³-hybridized carbons (Fsp3) is 0. The number of imide groups is 1. The van der Waals surface area contributed by atoms with Crippen molar-refractivity contribution in [3.05, 3.63) is 124 Å². The van der Waals surface area contributed by atoms with Crippen LogP contribution in [0.4, 0.5) is 17.1 Å². The summed E-state index contributed by atoms with van der Waals surface area (Å²) in [7, 11) is 0. The Bertz CT molecular complexity index is 1800. The lowest BCUT2D eigenvalue weighted by Gasteiger charge is -2.15. The van der Waals surface area contributed by atoms with Gasteiger partial charge in [-0.3, -0.25) is 19.2 Å². The number of benzene rings is 4. The SMILES string of the molecule is O=C(Nc1ccccc1C(=O)O)c1cccc(N2C(=O)c3ccc(C(=O)Nc4ccccc4C(=O)O)cc3C2=O)c1. The molecule has 1 heterocycles. The normalized spacial score (nSPS) is 12.0. The minimum Gasteiger partial charge on any atom is -0.478 e. The minimum absolute atomic E-state index is 0.0252. The summed E-state index contributed by atoms with van der Waals surface area (Å²) in [5.41, 5.74) is 0.106. The quantitative estimate of drug-likeness (QED) is 0.246. The number of nitrogens with zero attached hydrogens (tertiary/aromatic N) is 1. The zero-order valence-corrected chi connectivity index (χ0v) is 21.0. The van der Waals surface area contributed by atoms with Crippen molar-refractivity contribution in [1.82, 2.24) is 0 Å². The molecule has 0 aliphatic carbocycles. The highest BCUT2D eigenvalue weighted by Crippen LogP contribution is 2.30. The predicted molar refractivity (Wildman–Crippen MR) is 147 cm³/mol. The molecule has 4 aromatic carbocycles. The summed E-state index contributed by atoms with van der Waals surface area (Å²) >= 11 is 0. The van der Waals surface area contributed by atoms with Gasteiger partial charge in [-0.15, -0.1) is 0 Å². The van der Waals surface area contributed by atoms with Crippen LogP contribution in [0.25, 0.3) is 0 Å². The Morgan fingerprint density at radius 2 is 1.07 bits per heavy atom. The lowest BCUT2D eigenvalue weighted by molar-refractivity contribution is 0.0687. The van der Waals surface area contributed by atoms with E-state index in [0.717, 1.165) is 4.90 Å². The van der Waals surface area contributed by atoms with Gasteiger partial charge in [0.05, 0.1) is 39.3 Å². The summed E-state index contributed by atoms with van der Waals surface area (Å²) in [6.45, 7) is 0. The number of amides is 4. The van der Waals surface area contributed by atoms with Gasteiger partial charge in [-0.05, 0) is 60.7 Å². The zero-order valence-electron chi connectivity index (χ0n) is 21.0. The van der Waals surface area contributed by atoms with E-state index in [0.29, 0.717) is 0 Å². The number of rotatable bonds is 7. The van der Waals surface area contributed by atoms with E-state index in [2.05, 4.69) is 10.6 Å². The summed E-state index contributed by atoms with van der Waals surface area (Å²) in [6.07, 6.45) is 0. The third kappa shape index (κ3) is 5.02. The lowest BCUT2D eigenvalue weighted by Crippen LogP contribution is -2.29. The van der Waals surface area contributed by atoms with E-state index in [1.807, 2.05) is 0 Å². The highest BCUT2D eigenvalue weighted by molar-refractivity contribution is 6.35. The van der Waals surface area contributed by atoms with Crippen LogP contribution in [-0.4, -0.2) is 45.8 Å². The van der Waals surface area contributed by atoms with E-state index in [4.69, 9.17) is 0 Å². The van der Waals surface area contributed by atoms with E-state index in [9.17, 15) is 39.0 Å². The van der Waals surface area contributed by atoms with Gasteiger partial charge in [0.1, 0.15) is 0 Å². The molecule has 202 valence electrons. The number of hydrogen-bond donors (Lipinski definition) is 4. The molecule has 0 unspecified atom stereocenters. The first kappa shape index (κ1) is 26.5. The maximum atomic E-state index is 13.3. The molecule has 11 nitrogen and oxygen atoms in total. The first-order chi connectivity index (χ1) is 19.7. The third-order valence-electron chi connectivity index (χ3n) is 6.33. The second kappa shape index (κ2) is 10.6. The summed E-state index contributed by atoms with van der Waals surface area (Å²) in [6, 6.07) is 21.3. The number of anilines is 3. The zero-order chi connectivity index (χ0) is 29.3. The number of fused-ring (bicyclic) bond motifs is 1. The van der Waals surface area contributed by atoms with Crippen LogP contribution in [0, 0.1) is 0 Å². The number of carbonyl (C=O) groups excluding carboxylic acids is 4. The second-order valence-electron chi connectivity index (χ2n) is 8.87. The molecule has 4 aromatic rings. The molecule has 11 heteroatoms. The summed E-state index contributed by atoms with van der Waals surface area (Å²) in [5.74, 6) is -5.17. The van der Waals surface area contributed by atoms with Crippen LogP contribution < -0.4 is 15.5 Å². The van der Waals surface area contributed by atoms with Gasteiger partial charge in [0, 0.05) is 11.1 Å². The minimum atomic E-state index is -1.23. The van der Waals surface area contributed by atoms with E-state index in [-0.39, 0.29) is 50.4 Å². The van der Waals surface area contributed by atoms with Crippen molar-refractivity contribution in [2.45, 2.75) is 0 Å². The van der Waals surface area contributed by atoms with E-state index >= 15 is 0 Å². The maximum absolute atomic E-state index is 13.3. The monoisotopic (exact) mass is 549 g/mol. The average molecular weight is 549 g/mol. The molecular weight excluding hydrogens is 530 g/mol. The molecule has 0 spiro atoms. The fourth-order valence-corrected chi connectivity index (χ4v) is 4.35. The Morgan fingerprint density at radius 3 is 1.63 bits per heavy atom. The molecule has 0 fully saturated rings. The van der Waals surface area contributed by atoms with Gasteiger partial charge in [0.2, 0.25) is 0 Å². The highest BCUT2D eigenvalue weighted by Gasteiger charge is 2.37. The Morgan fingerprint density at radius 1 is 0.561 bits per heavy atom. The van der Waals surface area contributed by atoms with Gasteiger partial charge in [0.25, 0.3) is 23.6 Å². The fourth-order valence-electron chi connectivity index (χ4n) is 4.35. The van der Waals surface area contributed by atoms with Crippen LogP contribution in [0.5, 0.6) is 0 Å². The molecule has 0 saturated carbocycles. The first-order valence-corrected chi connectivity index (χ1v) is 12.1. The van der Waals surface area contributed by atoms with Gasteiger partial charge in [0.15, 0.2) is 0 Å². The van der Waals surface area contributed by atoms with Crippen LogP contribution >= 0.6 is 0 Å². The van der Waals surface area contributed by atoms with Crippen LogP contribution in [-0.2, 0) is 0 Å². The third-order valence-corrected chi connectivity index (χ3v) is 6.33. The van der Waals surface area contributed by atoms with Crippen molar-refractivity contribution in [3.8, 4) is 0 Å². The van der Waals surface area contributed by atoms with Crippen LogP contribution in [0.15, 0.2) is 91.0 Å². The molecule has 0 bridgehead atoms. The van der Waals surface area contributed by atoms with Gasteiger partial charge in [-0.2, -0.15) is 0 Å². The predicted octanol–water partition coefficient (Wildman–Crippen LogP) is 4.39. The number of carbonyl (C=O) groups is 6. The van der Waals surface area contributed by atoms with Crippen molar-refractivity contribution in [2.24, 2.45) is 0 Å². The van der Waals surface area contributed by atoms with Gasteiger partial charge < -0.3 is 20.8 Å². The van der Waals surface area contributed by atoms with Crippen molar-refractivity contribution >= 4 is 52.6 Å². The second-order valence-corrected chi connectivity index (χ2v) is 8.87. The number of para-hydroxylation sites is 2. The molecule has 0 radical (unpaired) electrons. The molecule has 41 heavy (non-hydrogen) atoms. The molecule has 0 saturated heterocycles. The topological polar surface area (TPSA) is 170 Å². The van der Waals surface area contributed by atoms with E-state index in [1.54, 1.807) is 12.1 Å². The van der Waals surface area contributed by atoms with E-state index in [1.165, 1.54) is 78.9 Å². The van der Waals surface area contributed by atoms with E-state index < -0.39 is 35.6 Å². The highest BCUT2D eigenvalue weighted by atomic mass is 16.4.